The lowest BCUT2D eigenvalue weighted by molar-refractivity contribution is 0.258. The van der Waals surface area contributed by atoms with Crippen LogP contribution in [-0.2, 0) is 0 Å². The second kappa shape index (κ2) is 50.7. The Morgan fingerprint density at radius 3 is 0.296 bits per heavy atom. The molecule has 8 rings (SSSR count). The van der Waals surface area contributed by atoms with E-state index in [0.717, 1.165) is 365 Å². The van der Waals surface area contributed by atoms with Gasteiger partial charge in [-0.05, 0) is 214 Å². The van der Waals surface area contributed by atoms with Gasteiger partial charge >= 0.3 is 0 Å². The van der Waals surface area contributed by atoms with Crippen LogP contribution in [0.2, 0.25) is 0 Å². The molecule has 0 spiro atoms. The van der Waals surface area contributed by atoms with E-state index in [1.54, 1.807) is 0 Å². The van der Waals surface area contributed by atoms with E-state index in [0.29, 0.717) is 79.3 Å². The van der Waals surface area contributed by atoms with E-state index in [9.17, 15) is 0 Å². The average Bonchev–Trinajstić information content (AvgIpc) is 0.733. The quantitative estimate of drug-likeness (QED) is 0.0267. The van der Waals surface area contributed by atoms with E-state index < -0.39 is 0 Å². The van der Waals surface area contributed by atoms with Crippen LogP contribution >= 0.6 is 0 Å². The molecule has 8 aromatic rings. The summed E-state index contributed by atoms with van der Waals surface area (Å²) in [5.41, 5.74) is 0. The van der Waals surface area contributed by atoms with Gasteiger partial charge in [0.25, 0.3) is 0 Å². The van der Waals surface area contributed by atoms with Crippen LogP contribution < -0.4 is 56.8 Å². The van der Waals surface area contributed by atoms with E-state index in [2.05, 4.69) is 142 Å². The van der Waals surface area contributed by atoms with Crippen molar-refractivity contribution >= 4 is 64.6 Å². The van der Waals surface area contributed by atoms with Crippen molar-refractivity contribution in [2.24, 2.45) is 0 Å². The first-order chi connectivity index (χ1) is 53.3. The number of fused-ring (bicyclic) bond motifs is 12. The van der Waals surface area contributed by atoms with Gasteiger partial charge in [-0.25, -0.2) is 0 Å². The number of ether oxygens (including phenoxy) is 12. The minimum atomic E-state index is 0.604. The largest absolute Gasteiger partial charge is 0.490 e. The third-order valence-electron chi connectivity index (χ3n) is 20.9. The van der Waals surface area contributed by atoms with Gasteiger partial charge in [0.2, 0.25) is 0 Å². The summed E-state index contributed by atoms with van der Waals surface area (Å²) in [6.45, 7) is 29.9. The Hall–Kier alpha value is -7.08. The van der Waals surface area contributed by atoms with Gasteiger partial charge in [-0.3, -0.25) is 0 Å². The molecule has 0 fully saturated rings. The predicted octanol–water partition coefficient (Wildman–Crippen LogP) is 28.9. The van der Waals surface area contributed by atoms with Crippen LogP contribution in [0.15, 0.2) is 72.8 Å². The van der Waals surface area contributed by atoms with Crippen molar-refractivity contribution in [3.05, 3.63) is 72.8 Å². The van der Waals surface area contributed by atoms with Crippen molar-refractivity contribution < 1.29 is 56.8 Å². The number of rotatable bonds is 63. The molecule has 0 aliphatic carbocycles. The minimum Gasteiger partial charge on any atom is -0.490 e. The van der Waals surface area contributed by atoms with E-state index in [1.165, 1.54) is 12.8 Å². The van der Waals surface area contributed by atoms with Crippen molar-refractivity contribution in [2.45, 2.75) is 313 Å². The zero-order valence-corrected chi connectivity index (χ0v) is 69.2. The molecule has 8 aromatic carbocycles. The first-order valence-electron chi connectivity index (χ1n) is 43.9. The fraction of sp³-hybridized carbons (Fsp3) is 0.625. The third-order valence-corrected chi connectivity index (χ3v) is 20.9. The van der Waals surface area contributed by atoms with Crippen LogP contribution in [0.5, 0.6) is 69.0 Å². The van der Waals surface area contributed by atoms with Crippen molar-refractivity contribution in [2.75, 3.05) is 79.3 Å². The highest BCUT2D eigenvalue weighted by Gasteiger charge is 2.24. The highest BCUT2D eigenvalue weighted by Crippen LogP contribution is 2.50. The van der Waals surface area contributed by atoms with Gasteiger partial charge in [0.15, 0.2) is 69.0 Å². The molecule has 108 heavy (non-hydrogen) atoms. The number of unbranched alkanes of at least 4 members (excludes halogenated alkanes) is 27. The number of benzene rings is 8. The van der Waals surface area contributed by atoms with Crippen LogP contribution in [0.25, 0.3) is 64.6 Å². The summed E-state index contributed by atoms with van der Waals surface area (Å²) in [5, 5.41) is 13.1. The molecular formula is C96H142O12. The summed E-state index contributed by atoms with van der Waals surface area (Å²) < 4.78 is 80.9. The first kappa shape index (κ1) is 86.5. The van der Waals surface area contributed by atoms with Crippen molar-refractivity contribution in [1.82, 2.24) is 0 Å². The SMILES string of the molecule is CCCCCOc1cc2c3cc(OCCCCC)c(OCCCCC)cc3c3cc(OCCCCCCCCCCOc4cc5c6cc(OCCCCC)c(OCCCCC)cc6c6cc(OCCCCC)c(OCCCCC)cc6c5cc4OCCCCC)c(OCCCCC)cc3c2cc1OCCCCC. The van der Waals surface area contributed by atoms with Crippen LogP contribution in [0.3, 0.4) is 0 Å². The molecule has 598 valence electrons. The summed E-state index contributed by atoms with van der Waals surface area (Å²) in [6.07, 6.45) is 41.0. The average molecular weight is 1490 g/mol. The van der Waals surface area contributed by atoms with Gasteiger partial charge in [0, 0.05) is 0 Å². The normalized spacial score (nSPS) is 11.6. The molecule has 0 bridgehead atoms. The monoisotopic (exact) mass is 1490 g/mol. The molecule has 0 N–H and O–H groups in total. The molecule has 0 aromatic heterocycles. The molecule has 0 atom stereocenters. The number of hydrogen-bond donors (Lipinski definition) is 0. The first-order valence-corrected chi connectivity index (χ1v) is 43.9. The maximum atomic E-state index is 6.91. The Kier molecular flexibility index (Phi) is 40.6. The number of hydrogen-bond acceptors (Lipinski definition) is 12. The van der Waals surface area contributed by atoms with Gasteiger partial charge in [-0.15, -0.1) is 0 Å². The minimum absolute atomic E-state index is 0.604. The fourth-order valence-electron chi connectivity index (χ4n) is 14.4. The maximum absolute atomic E-state index is 6.91. The van der Waals surface area contributed by atoms with Gasteiger partial charge in [-0.2, -0.15) is 0 Å². The maximum Gasteiger partial charge on any atom is 0.161 e. The lowest BCUT2D eigenvalue weighted by Crippen LogP contribution is -2.05. The summed E-state index contributed by atoms with van der Waals surface area (Å²) in [5.74, 6) is 9.41. The molecule has 0 unspecified atom stereocenters. The van der Waals surface area contributed by atoms with E-state index in [4.69, 9.17) is 56.8 Å². The second-order valence-electron chi connectivity index (χ2n) is 30.1. The Balaban J connectivity index is 1.01. The molecule has 0 aliphatic heterocycles. The Bertz CT molecular complexity index is 3510. The standard InChI is InChI=1S/C96H142O12/c1-11-21-37-49-97-85-61-73-75-63-87(99-51-39-23-13-3)91(103-55-43-27-17-7)67-79(75)83-71-95(93(105-57-45-29-19-9)69-81(83)77(73)65-89(85)101-53-41-25-15-5)107-59-47-35-33-31-32-34-36-48-60-108-96-72-84-80-68-92(104-56-44-28-18-8)88(100-52-40-24-14-4)64-76(80)74-62-86(98-50-38-22-12-2)90(102-54-42-26-16-6)66-78(74)82(84)70-94(96)106-58-46-30-20-10/h61-72H,11-60H2,1-10H3. The van der Waals surface area contributed by atoms with E-state index in [-0.39, 0.29) is 0 Å². The van der Waals surface area contributed by atoms with Crippen molar-refractivity contribution in [3.63, 3.8) is 0 Å². The summed E-state index contributed by atoms with van der Waals surface area (Å²) in [6, 6.07) is 26.8. The predicted molar refractivity (Wildman–Crippen MR) is 456 cm³/mol. The van der Waals surface area contributed by atoms with Crippen LogP contribution in [-0.4, -0.2) is 79.3 Å². The van der Waals surface area contributed by atoms with Crippen molar-refractivity contribution in [3.8, 4) is 69.0 Å². The summed E-state index contributed by atoms with van der Waals surface area (Å²) in [7, 11) is 0. The Morgan fingerprint density at radius 2 is 0.204 bits per heavy atom. The highest BCUT2D eigenvalue weighted by molar-refractivity contribution is 6.28. The Labute approximate surface area is 652 Å². The third kappa shape index (κ3) is 26.9. The van der Waals surface area contributed by atoms with Crippen LogP contribution in [0.4, 0.5) is 0 Å². The molecule has 0 saturated carbocycles. The molecule has 0 aliphatic rings. The lowest BCUT2D eigenvalue weighted by atomic mass is 9.93. The van der Waals surface area contributed by atoms with E-state index in [1.807, 2.05) is 0 Å². The fourth-order valence-corrected chi connectivity index (χ4v) is 14.4. The zero-order chi connectivity index (χ0) is 76.2. The van der Waals surface area contributed by atoms with Gasteiger partial charge in [0.1, 0.15) is 0 Å². The van der Waals surface area contributed by atoms with Gasteiger partial charge < -0.3 is 56.8 Å². The molecule has 0 amide bonds. The Morgan fingerprint density at radius 1 is 0.120 bits per heavy atom. The molecule has 12 nitrogen and oxygen atoms in total. The summed E-state index contributed by atoms with van der Waals surface area (Å²) in [4.78, 5) is 0. The smallest absolute Gasteiger partial charge is 0.161 e. The highest BCUT2D eigenvalue weighted by atomic mass is 16.5. The van der Waals surface area contributed by atoms with Gasteiger partial charge in [0.05, 0.1) is 79.3 Å². The van der Waals surface area contributed by atoms with Crippen LogP contribution in [0, 0.1) is 0 Å². The zero-order valence-electron chi connectivity index (χ0n) is 69.2. The van der Waals surface area contributed by atoms with E-state index >= 15 is 0 Å². The topological polar surface area (TPSA) is 111 Å². The molecule has 0 heterocycles. The van der Waals surface area contributed by atoms with Crippen LogP contribution in [0.1, 0.15) is 313 Å². The van der Waals surface area contributed by atoms with Crippen molar-refractivity contribution in [1.29, 1.82) is 0 Å². The molecular weight excluding hydrogens is 1350 g/mol. The second-order valence-corrected chi connectivity index (χ2v) is 30.1. The molecule has 12 heteroatoms. The molecule has 0 saturated heterocycles. The lowest BCUT2D eigenvalue weighted by Gasteiger charge is -2.21. The van der Waals surface area contributed by atoms with Gasteiger partial charge in [-0.1, -0.05) is 236 Å². The summed E-state index contributed by atoms with van der Waals surface area (Å²) >= 11 is 0. The molecule has 0 radical (unpaired) electrons.